The predicted octanol–water partition coefficient (Wildman–Crippen LogP) is 3.26. The van der Waals surface area contributed by atoms with E-state index in [1.54, 1.807) is 0 Å². The maximum absolute atomic E-state index is 10.1. The number of aliphatic hydroxyl groups is 1. The molecule has 1 unspecified atom stereocenters. The molecule has 0 radical (unpaired) electrons. The van der Waals surface area contributed by atoms with Gasteiger partial charge in [-0.05, 0) is 43.5 Å². The zero-order valence-corrected chi connectivity index (χ0v) is 12.2. The minimum absolute atomic E-state index is 0.380. The van der Waals surface area contributed by atoms with E-state index in [-0.39, 0.29) is 6.10 Å². The average Bonchev–Trinajstić information content (AvgIpc) is 2.29. The van der Waals surface area contributed by atoms with Crippen LogP contribution in [-0.2, 0) is 6.42 Å². The summed E-state index contributed by atoms with van der Waals surface area (Å²) in [6.07, 6.45) is 1.84. The van der Waals surface area contributed by atoms with Gasteiger partial charge in [0.05, 0.1) is 6.10 Å². The second-order valence-corrected chi connectivity index (χ2v) is 5.62. The smallest absolute Gasteiger partial charge is 0.0916 e. The van der Waals surface area contributed by atoms with Gasteiger partial charge in [-0.15, -0.1) is 0 Å². The van der Waals surface area contributed by atoms with Crippen LogP contribution in [-0.4, -0.2) is 30.1 Å². The normalized spacial score (nSPS) is 13.3. The number of aliphatic hydroxyl groups excluding tert-OH is 1. The summed E-state index contributed by atoms with van der Waals surface area (Å²) in [6.45, 7) is 8.34. The van der Waals surface area contributed by atoms with Gasteiger partial charge in [-0.25, -0.2) is 0 Å². The molecule has 2 nitrogen and oxygen atoms in total. The SMILES string of the molecule is CCCN(C)CC(O)c1ccc(CC(C)C)cc1. The van der Waals surface area contributed by atoms with Crippen LogP contribution < -0.4 is 0 Å². The van der Waals surface area contributed by atoms with Crippen molar-refractivity contribution in [3.05, 3.63) is 35.4 Å². The summed E-state index contributed by atoms with van der Waals surface area (Å²) in [5.41, 5.74) is 2.37. The second kappa shape index (κ2) is 7.55. The molecule has 0 aliphatic carbocycles. The van der Waals surface area contributed by atoms with Gasteiger partial charge in [-0.3, -0.25) is 0 Å². The summed E-state index contributed by atoms with van der Waals surface area (Å²) in [5, 5.41) is 10.1. The number of hydrogen-bond donors (Lipinski definition) is 1. The Morgan fingerprint density at radius 3 is 2.28 bits per heavy atom. The lowest BCUT2D eigenvalue weighted by molar-refractivity contribution is 0.127. The number of hydrogen-bond acceptors (Lipinski definition) is 2. The molecule has 102 valence electrons. The van der Waals surface area contributed by atoms with Crippen molar-refractivity contribution in [2.24, 2.45) is 5.92 Å². The summed E-state index contributed by atoms with van der Waals surface area (Å²) < 4.78 is 0. The lowest BCUT2D eigenvalue weighted by Crippen LogP contribution is -2.25. The van der Waals surface area contributed by atoms with Crippen LogP contribution in [0, 0.1) is 5.92 Å². The summed E-state index contributed by atoms with van der Waals surface area (Å²) in [4.78, 5) is 2.17. The summed E-state index contributed by atoms with van der Waals surface area (Å²) in [6, 6.07) is 8.39. The van der Waals surface area contributed by atoms with Gasteiger partial charge in [0.15, 0.2) is 0 Å². The largest absolute Gasteiger partial charge is 0.387 e. The molecule has 0 aromatic heterocycles. The Hall–Kier alpha value is -0.860. The topological polar surface area (TPSA) is 23.5 Å². The zero-order chi connectivity index (χ0) is 13.5. The minimum Gasteiger partial charge on any atom is -0.387 e. The second-order valence-electron chi connectivity index (χ2n) is 5.62. The lowest BCUT2D eigenvalue weighted by Gasteiger charge is -2.20. The summed E-state index contributed by atoms with van der Waals surface area (Å²) >= 11 is 0. The first-order chi connectivity index (χ1) is 8.52. The zero-order valence-electron chi connectivity index (χ0n) is 12.2. The van der Waals surface area contributed by atoms with E-state index in [9.17, 15) is 5.11 Å². The molecule has 0 bridgehead atoms. The Balaban J connectivity index is 2.55. The van der Waals surface area contributed by atoms with E-state index in [1.165, 1.54) is 5.56 Å². The molecule has 18 heavy (non-hydrogen) atoms. The van der Waals surface area contributed by atoms with Crippen molar-refractivity contribution in [3.8, 4) is 0 Å². The standard InChI is InChI=1S/C16H27NO/c1-5-10-17(4)12-16(18)15-8-6-14(7-9-15)11-13(2)3/h6-9,13,16,18H,5,10-12H2,1-4H3. The first kappa shape index (κ1) is 15.2. The Morgan fingerprint density at radius 1 is 1.17 bits per heavy atom. The first-order valence-electron chi connectivity index (χ1n) is 6.98. The summed E-state index contributed by atoms with van der Waals surface area (Å²) in [7, 11) is 2.06. The third kappa shape index (κ3) is 5.19. The van der Waals surface area contributed by atoms with E-state index in [4.69, 9.17) is 0 Å². The Kier molecular flexibility index (Phi) is 6.37. The Bertz CT molecular complexity index is 331. The fourth-order valence-electron chi connectivity index (χ4n) is 2.22. The highest BCUT2D eigenvalue weighted by Crippen LogP contribution is 2.16. The fraction of sp³-hybridized carbons (Fsp3) is 0.625. The van der Waals surface area contributed by atoms with Gasteiger partial charge < -0.3 is 10.0 Å². The molecule has 1 atom stereocenters. The van der Waals surface area contributed by atoms with Gasteiger partial charge in [0.25, 0.3) is 0 Å². The maximum Gasteiger partial charge on any atom is 0.0916 e. The van der Waals surface area contributed by atoms with Gasteiger partial charge >= 0.3 is 0 Å². The molecule has 0 fully saturated rings. The van der Waals surface area contributed by atoms with Gasteiger partial charge in [-0.2, -0.15) is 0 Å². The van der Waals surface area contributed by atoms with Crippen LogP contribution in [0.2, 0.25) is 0 Å². The molecule has 1 N–H and O–H groups in total. The van der Waals surface area contributed by atoms with Crippen molar-refractivity contribution < 1.29 is 5.11 Å². The van der Waals surface area contributed by atoms with Crippen molar-refractivity contribution in [1.29, 1.82) is 0 Å². The third-order valence-corrected chi connectivity index (χ3v) is 3.10. The monoisotopic (exact) mass is 249 g/mol. The fourth-order valence-corrected chi connectivity index (χ4v) is 2.22. The molecule has 0 saturated carbocycles. The molecular weight excluding hydrogens is 222 g/mol. The summed E-state index contributed by atoms with van der Waals surface area (Å²) in [5.74, 6) is 0.677. The van der Waals surface area contributed by atoms with Crippen LogP contribution in [0.3, 0.4) is 0 Å². The molecule has 0 aliphatic heterocycles. The van der Waals surface area contributed by atoms with Gasteiger partial charge in [0.1, 0.15) is 0 Å². The van der Waals surface area contributed by atoms with E-state index in [1.807, 2.05) is 0 Å². The van der Waals surface area contributed by atoms with Gasteiger partial charge in [0, 0.05) is 6.54 Å². The highest BCUT2D eigenvalue weighted by atomic mass is 16.3. The van der Waals surface area contributed by atoms with Crippen molar-refractivity contribution >= 4 is 0 Å². The molecule has 2 heteroatoms. The van der Waals surface area contributed by atoms with Crippen molar-refractivity contribution in [2.75, 3.05) is 20.1 Å². The predicted molar refractivity (Wildman–Crippen MR) is 77.7 cm³/mol. The highest BCUT2D eigenvalue weighted by molar-refractivity contribution is 5.24. The molecule has 0 aliphatic rings. The van der Waals surface area contributed by atoms with E-state index in [0.29, 0.717) is 12.5 Å². The van der Waals surface area contributed by atoms with Crippen LogP contribution >= 0.6 is 0 Å². The average molecular weight is 249 g/mol. The van der Waals surface area contributed by atoms with Crippen molar-refractivity contribution in [3.63, 3.8) is 0 Å². The van der Waals surface area contributed by atoms with E-state index in [0.717, 1.165) is 24.9 Å². The van der Waals surface area contributed by atoms with E-state index < -0.39 is 0 Å². The highest BCUT2D eigenvalue weighted by Gasteiger charge is 2.10. The molecule has 1 aromatic rings. The molecule has 0 heterocycles. The minimum atomic E-state index is -0.380. The van der Waals surface area contributed by atoms with Gasteiger partial charge in [-0.1, -0.05) is 45.0 Å². The van der Waals surface area contributed by atoms with E-state index in [2.05, 4.69) is 57.0 Å². The van der Waals surface area contributed by atoms with Crippen molar-refractivity contribution in [1.82, 2.24) is 4.90 Å². The molecule has 0 saturated heterocycles. The molecule has 1 rings (SSSR count). The number of nitrogens with zero attached hydrogens (tertiary/aromatic N) is 1. The Morgan fingerprint density at radius 2 is 1.78 bits per heavy atom. The van der Waals surface area contributed by atoms with Crippen LogP contribution in [0.4, 0.5) is 0 Å². The molecule has 0 spiro atoms. The van der Waals surface area contributed by atoms with Crippen molar-refractivity contribution in [2.45, 2.75) is 39.7 Å². The third-order valence-electron chi connectivity index (χ3n) is 3.10. The molecular formula is C16H27NO. The first-order valence-corrected chi connectivity index (χ1v) is 6.98. The number of benzene rings is 1. The van der Waals surface area contributed by atoms with Crippen LogP contribution in [0.5, 0.6) is 0 Å². The van der Waals surface area contributed by atoms with Crippen LogP contribution in [0.15, 0.2) is 24.3 Å². The number of rotatable bonds is 7. The molecule has 1 aromatic carbocycles. The molecule has 0 amide bonds. The number of likely N-dealkylation sites (N-methyl/N-ethyl adjacent to an activating group) is 1. The Labute approximate surface area is 112 Å². The maximum atomic E-state index is 10.1. The van der Waals surface area contributed by atoms with E-state index >= 15 is 0 Å². The van der Waals surface area contributed by atoms with Crippen LogP contribution in [0.1, 0.15) is 44.4 Å². The lowest BCUT2D eigenvalue weighted by atomic mass is 10.00. The quantitative estimate of drug-likeness (QED) is 0.802. The van der Waals surface area contributed by atoms with Gasteiger partial charge in [0.2, 0.25) is 0 Å². The van der Waals surface area contributed by atoms with Crippen LogP contribution in [0.25, 0.3) is 0 Å².